The lowest BCUT2D eigenvalue weighted by Gasteiger charge is -2.28. The minimum atomic E-state index is 0.540. The molecule has 0 radical (unpaired) electrons. The summed E-state index contributed by atoms with van der Waals surface area (Å²) in [5.74, 6) is 1.37. The van der Waals surface area contributed by atoms with Gasteiger partial charge in [-0.05, 0) is 37.1 Å². The Bertz CT molecular complexity index is 1400. The summed E-state index contributed by atoms with van der Waals surface area (Å²) in [7, 11) is 0. The van der Waals surface area contributed by atoms with Crippen molar-refractivity contribution in [2.24, 2.45) is 0 Å². The van der Waals surface area contributed by atoms with Crippen LogP contribution in [0.1, 0.15) is 17.5 Å². The first kappa shape index (κ1) is 19.8. The fourth-order valence-corrected chi connectivity index (χ4v) is 4.31. The van der Waals surface area contributed by atoms with E-state index in [-0.39, 0.29) is 0 Å². The first-order chi connectivity index (χ1) is 16.2. The van der Waals surface area contributed by atoms with Crippen LogP contribution in [0.5, 0.6) is 0 Å². The topological polar surface area (TPSA) is 69.0 Å². The normalized spacial score (nSPS) is 15.9. The van der Waals surface area contributed by atoms with Crippen LogP contribution in [0.25, 0.3) is 33.8 Å². The molecular formula is C26H24N6O. The summed E-state index contributed by atoms with van der Waals surface area (Å²) in [5, 5.41) is 4.79. The SMILES string of the molecule is Cc1cccc(-c2ccn(-c3nc(N4CCOCC4)c4ncc(C5=CCC=C5)cc4n3)n2)c1. The Morgan fingerprint density at radius 2 is 1.91 bits per heavy atom. The highest BCUT2D eigenvalue weighted by Crippen LogP contribution is 2.29. The number of rotatable bonds is 4. The largest absolute Gasteiger partial charge is 0.378 e. The van der Waals surface area contributed by atoms with E-state index >= 15 is 0 Å². The van der Waals surface area contributed by atoms with Crippen molar-refractivity contribution in [3.63, 3.8) is 0 Å². The maximum absolute atomic E-state index is 5.56. The number of fused-ring (bicyclic) bond motifs is 1. The van der Waals surface area contributed by atoms with Crippen molar-refractivity contribution in [3.8, 4) is 17.2 Å². The fraction of sp³-hybridized carbons (Fsp3) is 0.231. The van der Waals surface area contributed by atoms with Gasteiger partial charge in [-0.2, -0.15) is 10.1 Å². The van der Waals surface area contributed by atoms with E-state index in [2.05, 4.69) is 54.3 Å². The van der Waals surface area contributed by atoms with Crippen molar-refractivity contribution >= 4 is 22.4 Å². The molecule has 6 rings (SSSR count). The molecule has 4 heterocycles. The van der Waals surface area contributed by atoms with Gasteiger partial charge >= 0.3 is 0 Å². The van der Waals surface area contributed by atoms with E-state index < -0.39 is 0 Å². The molecule has 1 aromatic carbocycles. The van der Waals surface area contributed by atoms with Gasteiger partial charge in [-0.15, -0.1) is 0 Å². The van der Waals surface area contributed by atoms with Crippen LogP contribution in [0.2, 0.25) is 0 Å². The molecule has 0 bridgehead atoms. The number of aryl methyl sites for hydroxylation is 1. The zero-order valence-electron chi connectivity index (χ0n) is 18.5. The number of hydrogen-bond acceptors (Lipinski definition) is 6. The van der Waals surface area contributed by atoms with Gasteiger partial charge in [-0.25, -0.2) is 9.67 Å². The fourth-order valence-electron chi connectivity index (χ4n) is 4.31. The summed E-state index contributed by atoms with van der Waals surface area (Å²) in [5.41, 5.74) is 7.03. The quantitative estimate of drug-likeness (QED) is 0.473. The number of pyridine rings is 1. The van der Waals surface area contributed by atoms with Crippen molar-refractivity contribution in [3.05, 3.63) is 78.1 Å². The van der Waals surface area contributed by atoms with Gasteiger partial charge in [0, 0.05) is 36.6 Å². The van der Waals surface area contributed by atoms with Crippen molar-refractivity contribution in [2.45, 2.75) is 13.3 Å². The zero-order chi connectivity index (χ0) is 22.2. The van der Waals surface area contributed by atoms with E-state index in [0.29, 0.717) is 19.2 Å². The number of benzene rings is 1. The number of hydrogen-bond donors (Lipinski definition) is 0. The molecule has 4 aromatic rings. The number of morpholine rings is 1. The molecule has 3 aromatic heterocycles. The average Bonchev–Trinajstić information content (AvgIpc) is 3.56. The van der Waals surface area contributed by atoms with Crippen LogP contribution in [0, 0.1) is 6.92 Å². The van der Waals surface area contributed by atoms with E-state index in [1.54, 1.807) is 4.68 Å². The summed E-state index contributed by atoms with van der Waals surface area (Å²) < 4.78 is 7.31. The van der Waals surface area contributed by atoms with Crippen LogP contribution in [0.3, 0.4) is 0 Å². The summed E-state index contributed by atoms with van der Waals surface area (Å²) in [4.78, 5) is 16.8. The van der Waals surface area contributed by atoms with E-state index in [0.717, 1.165) is 53.2 Å². The molecule has 0 atom stereocenters. The van der Waals surface area contributed by atoms with E-state index in [1.807, 2.05) is 24.5 Å². The Hall–Kier alpha value is -3.84. The Morgan fingerprint density at radius 1 is 1.00 bits per heavy atom. The molecule has 0 amide bonds. The van der Waals surface area contributed by atoms with Crippen LogP contribution >= 0.6 is 0 Å². The first-order valence-electron chi connectivity index (χ1n) is 11.3. The Labute approximate surface area is 192 Å². The smallest absolute Gasteiger partial charge is 0.253 e. The van der Waals surface area contributed by atoms with Gasteiger partial charge in [-0.1, -0.05) is 42.0 Å². The monoisotopic (exact) mass is 436 g/mol. The third kappa shape index (κ3) is 3.81. The number of ether oxygens (including phenoxy) is 1. The number of aromatic nitrogens is 5. The lowest BCUT2D eigenvalue weighted by Crippen LogP contribution is -2.37. The van der Waals surface area contributed by atoms with Crippen molar-refractivity contribution in [1.82, 2.24) is 24.7 Å². The zero-order valence-corrected chi connectivity index (χ0v) is 18.5. The van der Waals surface area contributed by atoms with Gasteiger partial charge in [0.05, 0.1) is 24.4 Å². The number of nitrogens with zero attached hydrogens (tertiary/aromatic N) is 6. The molecule has 7 nitrogen and oxygen atoms in total. The highest BCUT2D eigenvalue weighted by molar-refractivity contribution is 5.89. The summed E-state index contributed by atoms with van der Waals surface area (Å²) in [6.45, 7) is 4.99. The van der Waals surface area contributed by atoms with Crippen LogP contribution in [-0.4, -0.2) is 51.0 Å². The maximum Gasteiger partial charge on any atom is 0.253 e. The molecule has 7 heteroatoms. The molecule has 0 spiro atoms. The van der Waals surface area contributed by atoms with E-state index in [9.17, 15) is 0 Å². The molecule has 33 heavy (non-hydrogen) atoms. The molecule has 0 N–H and O–H groups in total. The van der Waals surface area contributed by atoms with Crippen molar-refractivity contribution in [1.29, 1.82) is 0 Å². The molecule has 164 valence electrons. The maximum atomic E-state index is 5.56. The third-order valence-corrected chi connectivity index (χ3v) is 6.03. The second-order valence-electron chi connectivity index (χ2n) is 8.35. The highest BCUT2D eigenvalue weighted by Gasteiger charge is 2.20. The standard InChI is InChI=1S/C26H24N6O/c1-18-5-4-8-20(15-18)22-9-10-32(30-22)26-28-23-16-21(19-6-2-3-7-19)17-27-24(23)25(29-26)31-11-13-33-14-12-31/h2,4-10,15-17H,3,11-14H2,1H3. The first-order valence-corrected chi connectivity index (χ1v) is 11.3. The van der Waals surface area contributed by atoms with Crippen molar-refractivity contribution < 1.29 is 4.74 Å². The minimum absolute atomic E-state index is 0.540. The van der Waals surface area contributed by atoms with Crippen LogP contribution in [-0.2, 0) is 4.74 Å². The Kier molecular flexibility index (Phi) is 4.96. The summed E-state index contributed by atoms with van der Waals surface area (Å²) in [6.07, 6.45) is 11.3. The van der Waals surface area contributed by atoms with E-state index in [1.165, 1.54) is 11.1 Å². The van der Waals surface area contributed by atoms with E-state index in [4.69, 9.17) is 24.8 Å². The second-order valence-corrected chi connectivity index (χ2v) is 8.35. The molecule has 1 saturated heterocycles. The van der Waals surface area contributed by atoms with Crippen LogP contribution < -0.4 is 4.90 Å². The Morgan fingerprint density at radius 3 is 2.73 bits per heavy atom. The van der Waals surface area contributed by atoms with Gasteiger partial charge in [0.1, 0.15) is 5.52 Å². The summed E-state index contributed by atoms with van der Waals surface area (Å²) in [6, 6.07) is 12.4. The van der Waals surface area contributed by atoms with Crippen LogP contribution in [0.15, 0.2) is 67.0 Å². The lowest BCUT2D eigenvalue weighted by molar-refractivity contribution is 0.122. The molecule has 1 fully saturated rings. The second kappa shape index (κ2) is 8.26. The van der Waals surface area contributed by atoms with Crippen molar-refractivity contribution in [2.75, 3.05) is 31.2 Å². The van der Waals surface area contributed by atoms with Gasteiger partial charge < -0.3 is 9.64 Å². The van der Waals surface area contributed by atoms with Gasteiger partial charge in [0.15, 0.2) is 5.82 Å². The predicted molar refractivity (Wildman–Crippen MR) is 129 cm³/mol. The average molecular weight is 437 g/mol. The third-order valence-electron chi connectivity index (χ3n) is 6.03. The summed E-state index contributed by atoms with van der Waals surface area (Å²) >= 11 is 0. The van der Waals surface area contributed by atoms with Gasteiger partial charge in [-0.3, -0.25) is 4.98 Å². The highest BCUT2D eigenvalue weighted by atomic mass is 16.5. The molecule has 1 aliphatic carbocycles. The van der Waals surface area contributed by atoms with Crippen LogP contribution in [0.4, 0.5) is 5.82 Å². The lowest BCUT2D eigenvalue weighted by atomic mass is 10.1. The predicted octanol–water partition coefficient (Wildman–Crippen LogP) is 4.37. The number of anilines is 1. The molecule has 1 aliphatic heterocycles. The molecule has 0 saturated carbocycles. The molecule has 0 unspecified atom stereocenters. The molecular weight excluding hydrogens is 412 g/mol. The molecule has 2 aliphatic rings. The number of allylic oxidation sites excluding steroid dienone is 4. The Balaban J connectivity index is 1.47. The van der Waals surface area contributed by atoms with Gasteiger partial charge in [0.25, 0.3) is 5.95 Å². The van der Waals surface area contributed by atoms with Gasteiger partial charge in [0.2, 0.25) is 0 Å². The minimum Gasteiger partial charge on any atom is -0.378 e.